The van der Waals surface area contributed by atoms with E-state index in [-0.39, 0.29) is 5.56 Å². The highest BCUT2D eigenvalue weighted by Gasteiger charge is 2.43. The van der Waals surface area contributed by atoms with Gasteiger partial charge < -0.3 is 10.6 Å². The van der Waals surface area contributed by atoms with Crippen LogP contribution in [0.5, 0.6) is 0 Å². The fourth-order valence-corrected chi connectivity index (χ4v) is 2.76. The molecule has 2 N–H and O–H groups in total. The number of anilines is 1. The van der Waals surface area contributed by atoms with Crippen LogP contribution >= 0.6 is 0 Å². The summed E-state index contributed by atoms with van der Waals surface area (Å²) in [6.45, 7) is 1.93. The van der Waals surface area contributed by atoms with Gasteiger partial charge in [0.05, 0.1) is 5.69 Å². The Morgan fingerprint density at radius 2 is 1.96 bits per heavy atom. The van der Waals surface area contributed by atoms with Crippen LogP contribution in [0.3, 0.4) is 0 Å². The average molecular weight is 348 g/mol. The second-order valence-corrected chi connectivity index (χ2v) is 6.01. The quantitative estimate of drug-likeness (QED) is 0.829. The molecule has 25 heavy (non-hydrogen) atoms. The Kier molecular flexibility index (Phi) is 4.52. The van der Waals surface area contributed by atoms with E-state index in [9.17, 15) is 18.4 Å². The summed E-state index contributed by atoms with van der Waals surface area (Å²) in [4.78, 5) is 24.0. The lowest BCUT2D eigenvalue weighted by Gasteiger charge is -2.07. The topological polar surface area (TPSA) is 76.0 Å². The van der Waals surface area contributed by atoms with Crippen molar-refractivity contribution in [3.63, 3.8) is 0 Å². The molecule has 2 aromatic rings. The van der Waals surface area contributed by atoms with Gasteiger partial charge in [-0.3, -0.25) is 14.3 Å². The Morgan fingerprint density at radius 3 is 2.56 bits per heavy atom. The largest absolute Gasteiger partial charge is 0.344 e. The molecule has 0 aliphatic heterocycles. The molecule has 0 saturated heterocycles. The van der Waals surface area contributed by atoms with Gasteiger partial charge in [0, 0.05) is 30.6 Å². The van der Waals surface area contributed by atoms with E-state index in [1.807, 2.05) is 6.92 Å². The fourth-order valence-electron chi connectivity index (χ4n) is 2.76. The summed E-state index contributed by atoms with van der Waals surface area (Å²) in [5, 5.41) is 9.15. The molecule has 2 atom stereocenters. The molecule has 0 unspecified atom stereocenters. The number of carbonyl (C=O) groups excluding carboxylic acids is 2. The molecule has 1 fully saturated rings. The van der Waals surface area contributed by atoms with Gasteiger partial charge in [-0.2, -0.15) is 5.10 Å². The SMILES string of the molecule is CCc1cc(NC(=O)C(=O)N[C@@H]2C[C@H]2c2c(F)cccc2F)n(C)n1. The number of aromatic nitrogens is 2. The summed E-state index contributed by atoms with van der Waals surface area (Å²) >= 11 is 0. The normalized spacial score (nSPS) is 18.7. The van der Waals surface area contributed by atoms with Gasteiger partial charge in [-0.15, -0.1) is 0 Å². The molecule has 2 amide bonds. The Morgan fingerprint density at radius 1 is 1.28 bits per heavy atom. The van der Waals surface area contributed by atoms with E-state index in [1.165, 1.54) is 22.9 Å². The number of rotatable bonds is 4. The van der Waals surface area contributed by atoms with Crippen LogP contribution in [0.1, 0.15) is 30.5 Å². The molecule has 1 aliphatic rings. The fraction of sp³-hybridized carbons (Fsp3) is 0.353. The van der Waals surface area contributed by atoms with Crippen molar-refractivity contribution < 1.29 is 18.4 Å². The van der Waals surface area contributed by atoms with Gasteiger partial charge in [-0.1, -0.05) is 13.0 Å². The maximum absolute atomic E-state index is 13.7. The molecule has 0 radical (unpaired) electrons. The first-order valence-electron chi connectivity index (χ1n) is 7.99. The molecule has 1 aromatic heterocycles. The summed E-state index contributed by atoms with van der Waals surface area (Å²) in [6, 6.07) is 4.87. The van der Waals surface area contributed by atoms with Gasteiger partial charge in [-0.05, 0) is 25.0 Å². The number of hydrogen-bond donors (Lipinski definition) is 2. The van der Waals surface area contributed by atoms with Crippen LogP contribution in [0, 0.1) is 11.6 Å². The minimum Gasteiger partial charge on any atom is -0.344 e. The van der Waals surface area contributed by atoms with E-state index in [4.69, 9.17) is 0 Å². The minimum atomic E-state index is -0.844. The number of halogens is 2. The Balaban J connectivity index is 1.60. The van der Waals surface area contributed by atoms with Crippen LogP contribution < -0.4 is 10.6 Å². The first-order valence-corrected chi connectivity index (χ1v) is 7.99. The average Bonchev–Trinajstić information content (AvgIpc) is 3.21. The number of amides is 2. The van der Waals surface area contributed by atoms with Crippen LogP contribution in [-0.4, -0.2) is 27.6 Å². The number of benzene rings is 1. The monoisotopic (exact) mass is 348 g/mol. The van der Waals surface area contributed by atoms with E-state index in [2.05, 4.69) is 15.7 Å². The van der Waals surface area contributed by atoms with Crippen LogP contribution in [0.2, 0.25) is 0 Å². The third-order valence-corrected chi connectivity index (χ3v) is 4.22. The first-order chi connectivity index (χ1) is 11.9. The van der Waals surface area contributed by atoms with E-state index in [0.717, 1.165) is 5.69 Å². The lowest BCUT2D eigenvalue weighted by Crippen LogP contribution is -2.37. The Hall–Kier alpha value is -2.77. The molecule has 3 rings (SSSR count). The van der Waals surface area contributed by atoms with Crippen LogP contribution in [0.4, 0.5) is 14.6 Å². The number of hydrogen-bond acceptors (Lipinski definition) is 3. The Bertz CT molecular complexity index is 814. The predicted molar refractivity (Wildman–Crippen MR) is 86.9 cm³/mol. The number of aryl methyl sites for hydroxylation is 2. The highest BCUT2D eigenvalue weighted by atomic mass is 19.1. The first kappa shape index (κ1) is 17.1. The molecule has 132 valence electrons. The van der Waals surface area contributed by atoms with Crippen molar-refractivity contribution >= 4 is 17.6 Å². The van der Waals surface area contributed by atoms with Gasteiger partial charge in [-0.25, -0.2) is 8.78 Å². The molecule has 1 aliphatic carbocycles. The van der Waals surface area contributed by atoms with Crippen molar-refractivity contribution in [2.75, 3.05) is 5.32 Å². The van der Waals surface area contributed by atoms with Crippen molar-refractivity contribution in [2.45, 2.75) is 31.7 Å². The van der Waals surface area contributed by atoms with Gasteiger partial charge in [0.1, 0.15) is 17.5 Å². The maximum Gasteiger partial charge on any atom is 0.314 e. The third-order valence-electron chi connectivity index (χ3n) is 4.22. The van der Waals surface area contributed by atoms with Gasteiger partial charge in [0.25, 0.3) is 0 Å². The zero-order valence-electron chi connectivity index (χ0n) is 13.8. The van der Waals surface area contributed by atoms with E-state index < -0.39 is 35.4 Å². The van der Waals surface area contributed by atoms with Crippen LogP contribution in [-0.2, 0) is 23.1 Å². The standard InChI is InChI=1S/C17H18F2N4O2/c1-3-9-7-14(23(2)22-9)21-17(25)16(24)20-13-8-10(13)15-11(18)5-4-6-12(15)19/h4-7,10,13H,3,8H2,1-2H3,(H,20,24)(H,21,25)/t10-,13-/m1/s1. The maximum atomic E-state index is 13.7. The predicted octanol–water partition coefficient (Wildman–Crippen LogP) is 1.87. The van der Waals surface area contributed by atoms with Crippen molar-refractivity contribution in [3.8, 4) is 0 Å². The number of carbonyl (C=O) groups is 2. The Labute approximate surface area is 143 Å². The summed E-state index contributed by atoms with van der Waals surface area (Å²) < 4.78 is 28.9. The van der Waals surface area contributed by atoms with Crippen molar-refractivity contribution in [1.29, 1.82) is 0 Å². The van der Waals surface area contributed by atoms with E-state index in [0.29, 0.717) is 18.7 Å². The molecule has 8 heteroatoms. The van der Waals surface area contributed by atoms with Gasteiger partial charge >= 0.3 is 11.8 Å². The summed E-state index contributed by atoms with van der Waals surface area (Å²) in [5.74, 6) is -3.03. The zero-order valence-corrected chi connectivity index (χ0v) is 13.8. The number of nitrogens with zero attached hydrogens (tertiary/aromatic N) is 2. The second kappa shape index (κ2) is 6.62. The van der Waals surface area contributed by atoms with Crippen LogP contribution in [0.15, 0.2) is 24.3 Å². The second-order valence-electron chi connectivity index (χ2n) is 6.01. The smallest absolute Gasteiger partial charge is 0.314 e. The lowest BCUT2D eigenvalue weighted by atomic mass is 10.1. The summed E-state index contributed by atoms with van der Waals surface area (Å²) in [5.41, 5.74) is 0.739. The molecule has 0 bridgehead atoms. The molecule has 1 aromatic carbocycles. The van der Waals surface area contributed by atoms with Crippen molar-refractivity contribution in [2.24, 2.45) is 7.05 Å². The molecule has 1 saturated carbocycles. The highest BCUT2D eigenvalue weighted by molar-refractivity contribution is 6.39. The molecular formula is C17H18F2N4O2. The van der Waals surface area contributed by atoms with E-state index in [1.54, 1.807) is 13.1 Å². The third kappa shape index (κ3) is 3.52. The van der Waals surface area contributed by atoms with Crippen molar-refractivity contribution in [1.82, 2.24) is 15.1 Å². The summed E-state index contributed by atoms with van der Waals surface area (Å²) in [7, 11) is 1.66. The molecular weight excluding hydrogens is 330 g/mol. The van der Waals surface area contributed by atoms with Gasteiger partial charge in [0.2, 0.25) is 0 Å². The lowest BCUT2D eigenvalue weighted by molar-refractivity contribution is -0.136. The highest BCUT2D eigenvalue weighted by Crippen LogP contribution is 2.43. The minimum absolute atomic E-state index is 0.0487. The van der Waals surface area contributed by atoms with Crippen LogP contribution in [0.25, 0.3) is 0 Å². The summed E-state index contributed by atoms with van der Waals surface area (Å²) in [6.07, 6.45) is 1.09. The molecule has 0 spiro atoms. The van der Waals surface area contributed by atoms with Gasteiger partial charge in [0.15, 0.2) is 0 Å². The molecule has 1 heterocycles. The molecule has 6 nitrogen and oxygen atoms in total. The van der Waals surface area contributed by atoms with E-state index >= 15 is 0 Å². The van der Waals surface area contributed by atoms with Crippen molar-refractivity contribution in [3.05, 3.63) is 47.2 Å². The number of nitrogens with one attached hydrogen (secondary N) is 2. The zero-order chi connectivity index (χ0) is 18.1.